The maximum atomic E-state index is 11.8. The summed E-state index contributed by atoms with van der Waals surface area (Å²) in [5, 5.41) is 0.321. The van der Waals surface area contributed by atoms with Crippen molar-refractivity contribution >= 4 is 23.4 Å². The summed E-state index contributed by atoms with van der Waals surface area (Å²) < 4.78 is 5.39. The van der Waals surface area contributed by atoms with Crippen LogP contribution in [0.4, 0.5) is 0 Å². The minimum atomic E-state index is -0.470. The highest BCUT2D eigenvalue weighted by Crippen LogP contribution is 2.14. The van der Waals surface area contributed by atoms with Crippen LogP contribution in [-0.4, -0.2) is 18.4 Å². The molecule has 0 saturated heterocycles. The fourth-order valence-electron chi connectivity index (χ4n) is 1.68. The average molecular weight is 319 g/mol. The SMILES string of the molecule is O=C(CCOc1ccccc1)NNC(=O)c1ccccc1Cl. The lowest BCUT2D eigenvalue weighted by Gasteiger charge is -2.09. The molecule has 0 fully saturated rings. The van der Waals surface area contributed by atoms with Gasteiger partial charge in [0.25, 0.3) is 5.91 Å². The lowest BCUT2D eigenvalue weighted by atomic mass is 10.2. The molecule has 2 amide bonds. The standard InChI is InChI=1S/C16H15ClN2O3/c17-14-9-5-4-8-13(14)16(21)19-18-15(20)10-11-22-12-6-2-1-3-7-12/h1-9H,10-11H2,(H,18,20)(H,19,21). The molecule has 2 aromatic carbocycles. The van der Waals surface area contributed by atoms with Crippen LogP contribution in [0.25, 0.3) is 0 Å². The van der Waals surface area contributed by atoms with Crippen molar-refractivity contribution in [3.05, 3.63) is 65.2 Å². The normalized spacial score (nSPS) is 9.86. The molecule has 0 atom stereocenters. The van der Waals surface area contributed by atoms with Gasteiger partial charge in [0.15, 0.2) is 0 Å². The number of hydrazine groups is 1. The summed E-state index contributed by atoms with van der Waals surface area (Å²) >= 11 is 5.89. The van der Waals surface area contributed by atoms with E-state index in [1.807, 2.05) is 18.2 Å². The minimum absolute atomic E-state index is 0.123. The molecule has 2 N–H and O–H groups in total. The van der Waals surface area contributed by atoms with Crippen LogP contribution in [0.5, 0.6) is 5.75 Å². The molecular formula is C16H15ClN2O3. The van der Waals surface area contributed by atoms with Crippen molar-refractivity contribution in [1.82, 2.24) is 10.9 Å². The van der Waals surface area contributed by atoms with Crippen molar-refractivity contribution in [1.29, 1.82) is 0 Å². The van der Waals surface area contributed by atoms with Crippen molar-refractivity contribution in [3.63, 3.8) is 0 Å². The van der Waals surface area contributed by atoms with E-state index in [0.717, 1.165) is 0 Å². The second-order valence-electron chi connectivity index (χ2n) is 4.39. The first-order valence-electron chi connectivity index (χ1n) is 6.68. The fraction of sp³-hybridized carbons (Fsp3) is 0.125. The van der Waals surface area contributed by atoms with Crippen molar-refractivity contribution in [3.8, 4) is 5.75 Å². The number of carbonyl (C=O) groups is 2. The van der Waals surface area contributed by atoms with E-state index in [2.05, 4.69) is 10.9 Å². The summed E-state index contributed by atoms with van der Waals surface area (Å²) in [5.41, 5.74) is 4.92. The topological polar surface area (TPSA) is 67.4 Å². The Kier molecular flexibility index (Phi) is 5.80. The van der Waals surface area contributed by atoms with Crippen LogP contribution < -0.4 is 15.6 Å². The van der Waals surface area contributed by atoms with Crippen LogP contribution >= 0.6 is 11.6 Å². The van der Waals surface area contributed by atoms with E-state index in [4.69, 9.17) is 16.3 Å². The van der Waals surface area contributed by atoms with Gasteiger partial charge < -0.3 is 4.74 Å². The van der Waals surface area contributed by atoms with Crippen molar-refractivity contribution < 1.29 is 14.3 Å². The summed E-state index contributed by atoms with van der Waals surface area (Å²) in [6.07, 6.45) is 0.123. The molecule has 2 aromatic rings. The molecule has 0 heterocycles. The Hall–Kier alpha value is -2.53. The van der Waals surface area contributed by atoms with Gasteiger partial charge in [-0.3, -0.25) is 20.4 Å². The molecule has 0 aliphatic carbocycles. The first-order chi connectivity index (χ1) is 10.7. The summed E-state index contributed by atoms with van der Waals surface area (Å²) in [6.45, 7) is 0.220. The summed E-state index contributed by atoms with van der Waals surface area (Å²) in [5.74, 6) is -0.130. The number of ether oxygens (including phenoxy) is 1. The monoisotopic (exact) mass is 318 g/mol. The molecule has 0 saturated carbocycles. The number of benzene rings is 2. The average Bonchev–Trinajstić information content (AvgIpc) is 2.54. The maximum absolute atomic E-state index is 11.8. The van der Waals surface area contributed by atoms with E-state index in [-0.39, 0.29) is 18.9 Å². The smallest absolute Gasteiger partial charge is 0.271 e. The molecular weight excluding hydrogens is 304 g/mol. The van der Waals surface area contributed by atoms with E-state index in [1.165, 1.54) is 0 Å². The Morgan fingerprint density at radius 1 is 0.955 bits per heavy atom. The number of carbonyl (C=O) groups excluding carboxylic acids is 2. The highest BCUT2D eigenvalue weighted by molar-refractivity contribution is 6.33. The number of halogens is 1. The van der Waals surface area contributed by atoms with Crippen LogP contribution in [0.3, 0.4) is 0 Å². The quantitative estimate of drug-likeness (QED) is 0.833. The summed E-state index contributed by atoms with van der Waals surface area (Å²) in [7, 11) is 0. The third-order valence-electron chi connectivity index (χ3n) is 2.77. The van der Waals surface area contributed by atoms with E-state index < -0.39 is 5.91 Å². The zero-order valence-corrected chi connectivity index (χ0v) is 12.5. The van der Waals surface area contributed by atoms with Gasteiger partial charge in [0.05, 0.1) is 23.6 Å². The number of hydrogen-bond acceptors (Lipinski definition) is 3. The van der Waals surface area contributed by atoms with Crippen molar-refractivity contribution in [2.75, 3.05) is 6.61 Å². The molecule has 0 bridgehead atoms. The largest absolute Gasteiger partial charge is 0.493 e. The number of para-hydroxylation sites is 1. The van der Waals surface area contributed by atoms with Gasteiger partial charge in [0.1, 0.15) is 5.75 Å². The van der Waals surface area contributed by atoms with Crippen LogP contribution in [0, 0.1) is 0 Å². The zero-order valence-electron chi connectivity index (χ0n) is 11.7. The number of amides is 2. The Labute approximate surface area is 133 Å². The molecule has 0 aromatic heterocycles. The molecule has 0 spiro atoms. The molecule has 5 nitrogen and oxygen atoms in total. The van der Waals surface area contributed by atoms with Crippen molar-refractivity contribution in [2.45, 2.75) is 6.42 Å². The Morgan fingerprint density at radius 3 is 2.36 bits per heavy atom. The molecule has 22 heavy (non-hydrogen) atoms. The van der Waals surface area contributed by atoms with E-state index >= 15 is 0 Å². The summed E-state index contributed by atoms with van der Waals surface area (Å²) in [6, 6.07) is 15.8. The molecule has 0 aliphatic heterocycles. The van der Waals surface area contributed by atoms with Gasteiger partial charge in [-0.2, -0.15) is 0 Å². The highest BCUT2D eigenvalue weighted by atomic mass is 35.5. The first kappa shape index (κ1) is 15.9. The Morgan fingerprint density at radius 2 is 1.64 bits per heavy atom. The van der Waals surface area contributed by atoms with Crippen molar-refractivity contribution in [2.24, 2.45) is 0 Å². The first-order valence-corrected chi connectivity index (χ1v) is 7.06. The summed E-state index contributed by atoms with van der Waals surface area (Å²) in [4.78, 5) is 23.4. The van der Waals surface area contributed by atoms with Gasteiger partial charge >= 0.3 is 0 Å². The predicted octanol–water partition coefficient (Wildman–Crippen LogP) is 2.57. The molecule has 6 heteroatoms. The Bertz CT molecular complexity index is 647. The second kappa shape index (κ2) is 8.05. The van der Waals surface area contributed by atoms with Gasteiger partial charge in [-0.1, -0.05) is 41.9 Å². The van der Waals surface area contributed by atoms with Gasteiger partial charge in [-0.25, -0.2) is 0 Å². The third kappa shape index (κ3) is 4.79. The van der Waals surface area contributed by atoms with Crippen LogP contribution in [0.15, 0.2) is 54.6 Å². The zero-order chi connectivity index (χ0) is 15.8. The van der Waals surface area contributed by atoms with E-state index in [0.29, 0.717) is 16.3 Å². The van der Waals surface area contributed by atoms with Crippen LogP contribution in [0.2, 0.25) is 5.02 Å². The van der Waals surface area contributed by atoms with Crippen LogP contribution in [-0.2, 0) is 4.79 Å². The number of rotatable bonds is 5. The molecule has 0 radical (unpaired) electrons. The molecule has 114 valence electrons. The lowest BCUT2D eigenvalue weighted by Crippen LogP contribution is -2.42. The van der Waals surface area contributed by atoms with Gasteiger partial charge in [-0.15, -0.1) is 0 Å². The third-order valence-corrected chi connectivity index (χ3v) is 3.10. The number of hydrogen-bond donors (Lipinski definition) is 2. The molecule has 0 aliphatic rings. The van der Waals surface area contributed by atoms with Gasteiger partial charge in [-0.05, 0) is 24.3 Å². The van der Waals surface area contributed by atoms with Gasteiger partial charge in [0.2, 0.25) is 5.91 Å². The predicted molar refractivity (Wildman–Crippen MR) is 83.6 cm³/mol. The van der Waals surface area contributed by atoms with Crippen LogP contribution in [0.1, 0.15) is 16.8 Å². The van der Waals surface area contributed by atoms with Gasteiger partial charge in [0, 0.05) is 0 Å². The van der Waals surface area contributed by atoms with E-state index in [9.17, 15) is 9.59 Å². The maximum Gasteiger partial charge on any atom is 0.271 e. The lowest BCUT2D eigenvalue weighted by molar-refractivity contribution is -0.122. The second-order valence-corrected chi connectivity index (χ2v) is 4.80. The molecule has 2 rings (SSSR count). The fourth-order valence-corrected chi connectivity index (χ4v) is 1.90. The molecule has 0 unspecified atom stereocenters. The van der Waals surface area contributed by atoms with E-state index in [1.54, 1.807) is 36.4 Å². The highest BCUT2D eigenvalue weighted by Gasteiger charge is 2.10. The Balaban J connectivity index is 1.72. The number of nitrogens with one attached hydrogen (secondary N) is 2. The minimum Gasteiger partial charge on any atom is -0.493 e.